The minimum Gasteiger partial charge on any atom is -0.497 e. The highest BCUT2D eigenvalue weighted by Gasteiger charge is 2.31. The maximum absolute atomic E-state index is 5.30. The maximum Gasteiger partial charge on any atom is 0.119 e. The van der Waals surface area contributed by atoms with Crippen LogP contribution in [0.2, 0.25) is 0 Å². The second-order valence-electron chi connectivity index (χ2n) is 6.13. The van der Waals surface area contributed by atoms with Gasteiger partial charge in [0, 0.05) is 13.1 Å². The van der Waals surface area contributed by atoms with Gasteiger partial charge >= 0.3 is 0 Å². The Hall–Kier alpha value is -1.06. The van der Waals surface area contributed by atoms with Crippen molar-refractivity contribution < 1.29 is 4.74 Å². The number of hydrogen-bond donors (Lipinski definition) is 1. The van der Waals surface area contributed by atoms with E-state index in [9.17, 15) is 0 Å². The molecule has 0 bridgehead atoms. The Morgan fingerprint density at radius 2 is 2.05 bits per heavy atom. The van der Waals surface area contributed by atoms with Gasteiger partial charge in [0.15, 0.2) is 0 Å². The fraction of sp³-hybridized carbons (Fsp3) is 0.647. The van der Waals surface area contributed by atoms with Crippen LogP contribution in [0.3, 0.4) is 0 Å². The normalized spacial score (nSPS) is 18.2. The average Bonchev–Trinajstić information content (AvgIpc) is 2.48. The predicted molar refractivity (Wildman–Crippen MR) is 84.2 cm³/mol. The number of hydrogen-bond acceptors (Lipinski definition) is 3. The smallest absolute Gasteiger partial charge is 0.119 e. The maximum atomic E-state index is 5.30. The number of methoxy groups -OCH3 is 1. The summed E-state index contributed by atoms with van der Waals surface area (Å²) in [5.74, 6) is 0.947. The molecule has 112 valence electrons. The molecule has 1 aliphatic heterocycles. The second-order valence-corrected chi connectivity index (χ2v) is 6.13. The second kappa shape index (κ2) is 7.09. The molecule has 0 unspecified atom stereocenters. The lowest BCUT2D eigenvalue weighted by atomic mass is 9.76. The van der Waals surface area contributed by atoms with Gasteiger partial charge in [-0.3, -0.25) is 0 Å². The van der Waals surface area contributed by atoms with E-state index in [1.807, 2.05) is 6.07 Å². The van der Waals surface area contributed by atoms with E-state index in [2.05, 4.69) is 42.4 Å². The summed E-state index contributed by atoms with van der Waals surface area (Å²) in [6.07, 6.45) is 3.87. The summed E-state index contributed by atoms with van der Waals surface area (Å²) < 4.78 is 5.30. The van der Waals surface area contributed by atoms with Crippen LogP contribution in [0.1, 0.15) is 31.7 Å². The van der Waals surface area contributed by atoms with Crippen LogP contribution >= 0.6 is 0 Å². The van der Waals surface area contributed by atoms with E-state index in [1.54, 1.807) is 7.11 Å². The highest BCUT2D eigenvalue weighted by molar-refractivity contribution is 5.28. The molecular weight excluding hydrogens is 248 g/mol. The molecule has 1 aromatic rings. The van der Waals surface area contributed by atoms with Gasteiger partial charge in [-0.25, -0.2) is 0 Å². The first-order valence-electron chi connectivity index (χ1n) is 7.70. The lowest BCUT2D eigenvalue weighted by molar-refractivity contribution is 0.119. The van der Waals surface area contributed by atoms with Crippen molar-refractivity contribution in [3.63, 3.8) is 0 Å². The lowest BCUT2D eigenvalue weighted by Crippen LogP contribution is -2.43. The molecule has 0 spiro atoms. The monoisotopic (exact) mass is 276 g/mol. The zero-order valence-electron chi connectivity index (χ0n) is 13.1. The van der Waals surface area contributed by atoms with Gasteiger partial charge in [0.1, 0.15) is 5.75 Å². The average molecular weight is 276 g/mol. The van der Waals surface area contributed by atoms with Crippen molar-refractivity contribution in [1.29, 1.82) is 0 Å². The van der Waals surface area contributed by atoms with E-state index < -0.39 is 0 Å². The van der Waals surface area contributed by atoms with E-state index in [0.29, 0.717) is 5.41 Å². The van der Waals surface area contributed by atoms with Crippen LogP contribution in [-0.2, 0) is 6.54 Å². The van der Waals surface area contributed by atoms with E-state index in [4.69, 9.17) is 4.74 Å². The first kappa shape index (κ1) is 15.3. The summed E-state index contributed by atoms with van der Waals surface area (Å²) >= 11 is 0. The van der Waals surface area contributed by atoms with Crippen molar-refractivity contribution >= 4 is 0 Å². The third-order valence-corrected chi connectivity index (χ3v) is 4.61. The van der Waals surface area contributed by atoms with Crippen molar-refractivity contribution in [3.05, 3.63) is 29.8 Å². The van der Waals surface area contributed by atoms with Crippen molar-refractivity contribution in [3.8, 4) is 5.75 Å². The summed E-state index contributed by atoms with van der Waals surface area (Å²) in [6, 6.07) is 8.39. The van der Waals surface area contributed by atoms with Crippen molar-refractivity contribution in [1.82, 2.24) is 10.2 Å². The van der Waals surface area contributed by atoms with Crippen LogP contribution in [0.15, 0.2) is 24.3 Å². The molecule has 3 heteroatoms. The first-order chi connectivity index (χ1) is 9.67. The van der Waals surface area contributed by atoms with Gasteiger partial charge in [-0.1, -0.05) is 19.1 Å². The third kappa shape index (κ3) is 3.97. The zero-order valence-corrected chi connectivity index (χ0v) is 13.1. The summed E-state index contributed by atoms with van der Waals surface area (Å²) in [7, 11) is 3.96. The van der Waals surface area contributed by atoms with Crippen LogP contribution in [0.5, 0.6) is 5.75 Å². The summed E-state index contributed by atoms with van der Waals surface area (Å²) in [5, 5.41) is 3.48. The van der Waals surface area contributed by atoms with Crippen LogP contribution < -0.4 is 10.1 Å². The fourth-order valence-corrected chi connectivity index (χ4v) is 3.29. The van der Waals surface area contributed by atoms with E-state index in [1.165, 1.54) is 44.5 Å². The molecule has 0 amide bonds. The van der Waals surface area contributed by atoms with Crippen LogP contribution in [-0.4, -0.2) is 38.7 Å². The molecule has 2 rings (SSSR count). The third-order valence-electron chi connectivity index (χ3n) is 4.61. The van der Waals surface area contributed by atoms with Crippen LogP contribution in [0.4, 0.5) is 0 Å². The number of rotatable bonds is 6. The van der Waals surface area contributed by atoms with Gasteiger partial charge in [0.2, 0.25) is 0 Å². The van der Waals surface area contributed by atoms with E-state index in [-0.39, 0.29) is 0 Å². The summed E-state index contributed by atoms with van der Waals surface area (Å²) in [6.45, 7) is 6.85. The van der Waals surface area contributed by atoms with Gasteiger partial charge in [-0.15, -0.1) is 0 Å². The Morgan fingerprint density at radius 3 is 2.70 bits per heavy atom. The molecule has 1 aliphatic rings. The molecule has 0 atom stereocenters. The molecule has 20 heavy (non-hydrogen) atoms. The molecule has 1 N–H and O–H groups in total. The topological polar surface area (TPSA) is 24.5 Å². The highest BCUT2D eigenvalue weighted by Crippen LogP contribution is 2.33. The molecular formula is C17H28N2O. The molecule has 1 saturated heterocycles. The molecule has 1 aromatic carbocycles. The zero-order chi connectivity index (χ0) is 14.4. The van der Waals surface area contributed by atoms with Gasteiger partial charge < -0.3 is 15.0 Å². The summed E-state index contributed by atoms with van der Waals surface area (Å²) in [5.41, 5.74) is 1.82. The Morgan fingerprint density at radius 1 is 1.30 bits per heavy atom. The molecule has 0 aliphatic carbocycles. The minimum absolute atomic E-state index is 0.499. The molecule has 0 saturated carbocycles. The van der Waals surface area contributed by atoms with Crippen molar-refractivity contribution in [2.45, 2.75) is 32.7 Å². The Labute approximate surface area is 123 Å². The first-order valence-corrected chi connectivity index (χ1v) is 7.70. The molecule has 3 nitrogen and oxygen atoms in total. The van der Waals surface area contributed by atoms with Gasteiger partial charge in [0.25, 0.3) is 0 Å². The lowest BCUT2D eigenvalue weighted by Gasteiger charge is -2.40. The number of ether oxygens (including phenoxy) is 1. The predicted octanol–water partition coefficient (Wildman–Crippen LogP) is 2.91. The van der Waals surface area contributed by atoms with Gasteiger partial charge in [-0.05, 0) is 62.5 Å². The highest BCUT2D eigenvalue weighted by atomic mass is 16.5. The standard InChI is InChI=1S/C17H28N2O/c1-4-17(8-10-18-11-9-17)14-19(2)13-15-6-5-7-16(12-15)20-3/h5-7,12,18H,4,8-11,13-14H2,1-3H3. The SMILES string of the molecule is CCC1(CN(C)Cc2cccc(OC)c2)CCNCC1. The number of benzene rings is 1. The quantitative estimate of drug-likeness (QED) is 0.864. The van der Waals surface area contributed by atoms with E-state index >= 15 is 0 Å². The van der Waals surface area contributed by atoms with Gasteiger partial charge in [0.05, 0.1) is 7.11 Å². The van der Waals surface area contributed by atoms with Crippen molar-refractivity contribution in [2.24, 2.45) is 5.41 Å². The minimum atomic E-state index is 0.499. The van der Waals surface area contributed by atoms with Crippen molar-refractivity contribution in [2.75, 3.05) is 33.8 Å². The largest absolute Gasteiger partial charge is 0.497 e. The van der Waals surface area contributed by atoms with Gasteiger partial charge in [-0.2, -0.15) is 0 Å². The molecule has 1 heterocycles. The Kier molecular flexibility index (Phi) is 5.44. The summed E-state index contributed by atoms with van der Waals surface area (Å²) in [4.78, 5) is 2.46. The molecule has 0 radical (unpaired) electrons. The molecule has 1 fully saturated rings. The Bertz CT molecular complexity index is 413. The Balaban J connectivity index is 1.95. The fourth-order valence-electron chi connectivity index (χ4n) is 3.29. The number of nitrogens with one attached hydrogen (secondary N) is 1. The number of nitrogens with zero attached hydrogens (tertiary/aromatic N) is 1. The van der Waals surface area contributed by atoms with Crippen LogP contribution in [0.25, 0.3) is 0 Å². The number of piperidine rings is 1. The van der Waals surface area contributed by atoms with E-state index in [0.717, 1.165) is 12.3 Å². The molecule has 0 aromatic heterocycles. The van der Waals surface area contributed by atoms with Crippen LogP contribution in [0, 0.1) is 5.41 Å².